The Kier molecular flexibility index (Phi) is 6.84. The van der Waals surface area contributed by atoms with Gasteiger partial charge in [-0.05, 0) is 49.9 Å². The number of hydrogen-bond acceptors (Lipinski definition) is 3. The van der Waals surface area contributed by atoms with Gasteiger partial charge in [0.25, 0.3) is 0 Å². The molecule has 0 fully saturated rings. The molecule has 0 saturated heterocycles. The normalized spacial score (nSPS) is 19.5. The number of halogens is 2. The van der Waals surface area contributed by atoms with Crippen LogP contribution in [0.4, 0.5) is 0 Å². The quantitative estimate of drug-likeness (QED) is 0.750. The largest absolute Gasteiger partial charge is 0.489 e. The van der Waals surface area contributed by atoms with E-state index in [0.717, 1.165) is 19.4 Å². The molecule has 2 atom stereocenters. The maximum absolute atomic E-state index is 9.91. The molecule has 1 aromatic rings. The van der Waals surface area contributed by atoms with Gasteiger partial charge < -0.3 is 15.2 Å². The molecular weight excluding hydrogens is 309 g/mol. The van der Waals surface area contributed by atoms with Crippen molar-refractivity contribution in [1.29, 1.82) is 0 Å². The third-order valence-corrected chi connectivity index (χ3v) is 4.05. The summed E-state index contributed by atoms with van der Waals surface area (Å²) in [5, 5.41) is 14.2. The molecule has 0 saturated carbocycles. The Bertz CT molecular complexity index is 479. The molecule has 0 aliphatic heterocycles. The van der Waals surface area contributed by atoms with Crippen molar-refractivity contribution >= 4 is 23.2 Å². The molecule has 2 N–H and O–H groups in total. The number of allylic oxidation sites excluding steroid dienone is 2. The third kappa shape index (κ3) is 5.87. The summed E-state index contributed by atoms with van der Waals surface area (Å²) in [7, 11) is 0. The summed E-state index contributed by atoms with van der Waals surface area (Å²) in [5.74, 6) is 1.21. The summed E-state index contributed by atoms with van der Waals surface area (Å²) in [5.41, 5.74) is 0. The van der Waals surface area contributed by atoms with Crippen LogP contribution < -0.4 is 10.1 Å². The highest BCUT2D eigenvalue weighted by Crippen LogP contribution is 2.27. The number of hydrogen-bond donors (Lipinski definition) is 2. The second-order valence-corrected chi connectivity index (χ2v) is 6.19. The van der Waals surface area contributed by atoms with Crippen LogP contribution in [-0.4, -0.2) is 30.9 Å². The Morgan fingerprint density at radius 3 is 2.90 bits per heavy atom. The highest BCUT2D eigenvalue weighted by atomic mass is 35.5. The number of ether oxygens (including phenoxy) is 1. The molecule has 2 rings (SSSR count). The van der Waals surface area contributed by atoms with Crippen molar-refractivity contribution < 1.29 is 9.84 Å². The van der Waals surface area contributed by atoms with Gasteiger partial charge in [0.1, 0.15) is 18.5 Å². The monoisotopic (exact) mass is 329 g/mol. The zero-order valence-electron chi connectivity index (χ0n) is 11.9. The minimum absolute atomic E-state index is 0.207. The number of aliphatic hydroxyl groups is 1. The lowest BCUT2D eigenvalue weighted by molar-refractivity contribution is 0.105. The lowest BCUT2D eigenvalue weighted by Gasteiger charge is -2.19. The topological polar surface area (TPSA) is 41.5 Å². The predicted molar refractivity (Wildman–Crippen MR) is 87.3 cm³/mol. The van der Waals surface area contributed by atoms with E-state index >= 15 is 0 Å². The smallest absolute Gasteiger partial charge is 0.138 e. The van der Waals surface area contributed by atoms with Crippen molar-refractivity contribution in [2.45, 2.75) is 25.4 Å². The van der Waals surface area contributed by atoms with Crippen LogP contribution in [0.25, 0.3) is 0 Å². The van der Waals surface area contributed by atoms with E-state index in [0.29, 0.717) is 28.3 Å². The summed E-state index contributed by atoms with van der Waals surface area (Å²) in [6, 6.07) is 5.04. The fourth-order valence-corrected chi connectivity index (χ4v) is 2.80. The standard InChI is InChI=1S/C16H21Cl2NO2/c17-13-6-7-16(15(18)8-13)21-11-14(20)10-19-9-12-4-2-1-3-5-12/h1-2,6-8,12,14,19-20H,3-5,9-11H2. The van der Waals surface area contributed by atoms with Crippen LogP contribution >= 0.6 is 23.2 Å². The van der Waals surface area contributed by atoms with Gasteiger partial charge in [0.2, 0.25) is 0 Å². The first kappa shape index (κ1) is 16.6. The molecule has 116 valence electrons. The fourth-order valence-electron chi connectivity index (χ4n) is 2.33. The lowest BCUT2D eigenvalue weighted by atomic mass is 9.94. The van der Waals surface area contributed by atoms with E-state index in [2.05, 4.69) is 17.5 Å². The molecule has 0 spiro atoms. The van der Waals surface area contributed by atoms with Crippen molar-refractivity contribution in [2.75, 3.05) is 19.7 Å². The summed E-state index contributed by atoms with van der Waals surface area (Å²) < 4.78 is 5.50. The Morgan fingerprint density at radius 1 is 1.33 bits per heavy atom. The van der Waals surface area contributed by atoms with Gasteiger partial charge in [-0.1, -0.05) is 35.4 Å². The molecule has 0 amide bonds. The minimum Gasteiger partial charge on any atom is -0.489 e. The summed E-state index contributed by atoms with van der Waals surface area (Å²) in [4.78, 5) is 0. The molecule has 1 aliphatic carbocycles. The van der Waals surface area contributed by atoms with E-state index in [1.54, 1.807) is 18.2 Å². The van der Waals surface area contributed by atoms with Gasteiger partial charge in [0.05, 0.1) is 5.02 Å². The first-order chi connectivity index (χ1) is 10.1. The van der Waals surface area contributed by atoms with Crippen molar-refractivity contribution in [3.63, 3.8) is 0 Å². The number of aliphatic hydroxyl groups excluding tert-OH is 1. The van der Waals surface area contributed by atoms with Crippen LogP contribution in [0.1, 0.15) is 19.3 Å². The average molecular weight is 330 g/mol. The van der Waals surface area contributed by atoms with E-state index < -0.39 is 6.10 Å². The highest BCUT2D eigenvalue weighted by molar-refractivity contribution is 6.35. The van der Waals surface area contributed by atoms with Crippen LogP contribution in [0, 0.1) is 5.92 Å². The lowest BCUT2D eigenvalue weighted by Crippen LogP contribution is -2.34. The molecular formula is C16H21Cl2NO2. The number of nitrogens with one attached hydrogen (secondary N) is 1. The van der Waals surface area contributed by atoms with E-state index in [9.17, 15) is 5.11 Å². The zero-order valence-corrected chi connectivity index (χ0v) is 13.4. The molecule has 0 radical (unpaired) electrons. The van der Waals surface area contributed by atoms with Crippen molar-refractivity contribution in [3.05, 3.63) is 40.4 Å². The van der Waals surface area contributed by atoms with E-state index in [4.69, 9.17) is 27.9 Å². The van der Waals surface area contributed by atoms with Crippen LogP contribution in [0.2, 0.25) is 10.0 Å². The molecule has 5 heteroatoms. The molecule has 0 aromatic heterocycles. The molecule has 1 aromatic carbocycles. The minimum atomic E-state index is -0.559. The fraction of sp³-hybridized carbons (Fsp3) is 0.500. The van der Waals surface area contributed by atoms with Crippen LogP contribution in [0.15, 0.2) is 30.4 Å². The van der Waals surface area contributed by atoms with Gasteiger partial charge in [-0.15, -0.1) is 0 Å². The zero-order chi connectivity index (χ0) is 15.1. The Balaban J connectivity index is 1.65. The van der Waals surface area contributed by atoms with Crippen molar-refractivity contribution in [2.24, 2.45) is 5.92 Å². The highest BCUT2D eigenvalue weighted by Gasteiger charge is 2.11. The van der Waals surface area contributed by atoms with E-state index in [-0.39, 0.29) is 6.61 Å². The van der Waals surface area contributed by atoms with Gasteiger partial charge in [-0.25, -0.2) is 0 Å². The second kappa shape index (κ2) is 8.64. The van der Waals surface area contributed by atoms with Gasteiger partial charge in [-0.2, -0.15) is 0 Å². The Morgan fingerprint density at radius 2 is 2.19 bits per heavy atom. The van der Waals surface area contributed by atoms with E-state index in [1.807, 2.05) is 0 Å². The van der Waals surface area contributed by atoms with Gasteiger partial charge in [-0.3, -0.25) is 0 Å². The average Bonchev–Trinajstić information content (AvgIpc) is 2.47. The second-order valence-electron chi connectivity index (χ2n) is 5.35. The molecule has 0 heterocycles. The maximum Gasteiger partial charge on any atom is 0.138 e. The van der Waals surface area contributed by atoms with Gasteiger partial charge in [0.15, 0.2) is 0 Å². The summed E-state index contributed by atoms with van der Waals surface area (Å²) >= 11 is 11.8. The SMILES string of the molecule is OC(CNCC1CC=CCC1)COc1ccc(Cl)cc1Cl. The summed E-state index contributed by atoms with van der Waals surface area (Å²) in [6.07, 6.45) is 7.41. The van der Waals surface area contributed by atoms with Gasteiger partial charge in [0, 0.05) is 11.6 Å². The van der Waals surface area contributed by atoms with Crippen molar-refractivity contribution in [1.82, 2.24) is 5.32 Å². The number of rotatable bonds is 7. The van der Waals surface area contributed by atoms with E-state index in [1.165, 1.54) is 6.42 Å². The first-order valence-corrected chi connectivity index (χ1v) is 8.02. The van der Waals surface area contributed by atoms with Crippen LogP contribution in [-0.2, 0) is 0 Å². The maximum atomic E-state index is 9.91. The van der Waals surface area contributed by atoms with Crippen LogP contribution in [0.5, 0.6) is 5.75 Å². The first-order valence-electron chi connectivity index (χ1n) is 7.27. The Labute approximate surface area is 135 Å². The number of benzene rings is 1. The molecule has 21 heavy (non-hydrogen) atoms. The third-order valence-electron chi connectivity index (χ3n) is 3.52. The van der Waals surface area contributed by atoms with Crippen molar-refractivity contribution in [3.8, 4) is 5.75 Å². The molecule has 2 unspecified atom stereocenters. The molecule has 1 aliphatic rings. The van der Waals surface area contributed by atoms with Crippen LogP contribution in [0.3, 0.4) is 0 Å². The molecule has 0 bridgehead atoms. The van der Waals surface area contributed by atoms with Gasteiger partial charge >= 0.3 is 0 Å². The predicted octanol–water partition coefficient (Wildman–Crippen LogP) is 3.68. The molecule has 3 nitrogen and oxygen atoms in total. The Hall–Kier alpha value is -0.740. The summed E-state index contributed by atoms with van der Waals surface area (Å²) in [6.45, 7) is 1.66.